The maximum absolute atomic E-state index is 4.45. The van der Waals surface area contributed by atoms with Crippen molar-refractivity contribution in [3.63, 3.8) is 0 Å². The van der Waals surface area contributed by atoms with Crippen LogP contribution in [0.1, 0.15) is 168 Å². The summed E-state index contributed by atoms with van der Waals surface area (Å²) in [6, 6.07) is 0. The van der Waals surface area contributed by atoms with Crippen molar-refractivity contribution in [2.24, 2.45) is 4.99 Å². The summed E-state index contributed by atoms with van der Waals surface area (Å²) >= 11 is 0. The lowest BCUT2D eigenvalue weighted by Crippen LogP contribution is -2.41. The van der Waals surface area contributed by atoms with Crippen molar-refractivity contribution in [2.45, 2.75) is 168 Å². The van der Waals surface area contributed by atoms with Crippen LogP contribution in [0.5, 0.6) is 0 Å². The molecule has 194 valence electrons. The summed E-state index contributed by atoms with van der Waals surface area (Å²) in [5.74, 6) is 0. The van der Waals surface area contributed by atoms with Crippen molar-refractivity contribution in [1.29, 1.82) is 0 Å². The molecule has 1 aliphatic rings. The fraction of sp³-hybridized carbons (Fsp3) is 0.903. The van der Waals surface area contributed by atoms with E-state index in [1.165, 1.54) is 167 Å². The standard InChI is InChI=1S/C31H61N2/c1-3-5-7-9-11-13-15-17-19-21-23-25-28-33(30-27-32-31-33)29-26-24-22-20-18-16-14-12-10-8-6-4-2/h27,30-31H,3-26,28-29H2,1-2H3/q+1. The van der Waals surface area contributed by atoms with Gasteiger partial charge in [0.25, 0.3) is 0 Å². The first-order chi connectivity index (χ1) is 16.3. The van der Waals surface area contributed by atoms with Crippen molar-refractivity contribution in [1.82, 2.24) is 0 Å². The molecule has 0 radical (unpaired) electrons. The number of unbranched alkanes of at least 4 members (excludes halogenated alkanes) is 22. The van der Waals surface area contributed by atoms with Crippen molar-refractivity contribution in [3.05, 3.63) is 12.4 Å². The zero-order valence-electron chi connectivity index (χ0n) is 23.0. The van der Waals surface area contributed by atoms with Crippen LogP contribution in [0.2, 0.25) is 0 Å². The zero-order chi connectivity index (χ0) is 23.7. The maximum atomic E-state index is 4.45. The third-order valence-electron chi connectivity index (χ3n) is 7.60. The molecule has 1 heterocycles. The maximum Gasteiger partial charge on any atom is 0.194 e. The molecular formula is C31H61N2+. The molecule has 0 bridgehead atoms. The zero-order valence-corrected chi connectivity index (χ0v) is 23.0. The minimum Gasteiger partial charge on any atom is -0.254 e. The topological polar surface area (TPSA) is 12.4 Å². The number of quaternary nitrogens is 1. The molecule has 0 unspecified atom stereocenters. The lowest BCUT2D eigenvalue weighted by atomic mass is 10.0. The number of rotatable bonds is 26. The van der Waals surface area contributed by atoms with Gasteiger partial charge < -0.3 is 0 Å². The molecule has 0 amide bonds. The Kier molecular flexibility index (Phi) is 21.3. The molecule has 0 aromatic heterocycles. The smallest absolute Gasteiger partial charge is 0.194 e. The van der Waals surface area contributed by atoms with E-state index in [-0.39, 0.29) is 0 Å². The molecular weight excluding hydrogens is 400 g/mol. The second kappa shape index (κ2) is 23.1. The molecule has 0 aromatic carbocycles. The van der Waals surface area contributed by atoms with Gasteiger partial charge in [-0.15, -0.1) is 0 Å². The minimum absolute atomic E-state index is 1.02. The van der Waals surface area contributed by atoms with Gasteiger partial charge in [-0.05, 0) is 25.7 Å². The van der Waals surface area contributed by atoms with E-state index in [1.807, 2.05) is 6.20 Å². The van der Waals surface area contributed by atoms with Gasteiger partial charge in [0.15, 0.2) is 6.34 Å². The molecule has 0 N–H and O–H groups in total. The molecule has 0 saturated carbocycles. The van der Waals surface area contributed by atoms with Crippen LogP contribution in [-0.2, 0) is 0 Å². The molecule has 0 spiro atoms. The Bertz CT molecular complexity index is 412. The van der Waals surface area contributed by atoms with Crippen LogP contribution in [0.4, 0.5) is 0 Å². The first kappa shape index (κ1) is 30.4. The monoisotopic (exact) mass is 461 g/mol. The van der Waals surface area contributed by atoms with Gasteiger partial charge in [0.1, 0.15) is 6.20 Å². The Hall–Kier alpha value is -0.630. The summed E-state index contributed by atoms with van der Waals surface area (Å²) < 4.78 is 1.02. The summed E-state index contributed by atoms with van der Waals surface area (Å²) in [7, 11) is 0. The van der Waals surface area contributed by atoms with Gasteiger partial charge in [-0.25, -0.2) is 4.99 Å². The summed E-state index contributed by atoms with van der Waals surface area (Å²) in [6.45, 7) is 7.12. The number of hydrogen-bond acceptors (Lipinski definition) is 1. The van der Waals surface area contributed by atoms with Crippen LogP contribution in [0, 0.1) is 0 Å². The average Bonchev–Trinajstić information content (AvgIpc) is 3.29. The van der Waals surface area contributed by atoms with Crippen LogP contribution in [0.15, 0.2) is 17.4 Å². The van der Waals surface area contributed by atoms with E-state index in [2.05, 4.69) is 31.4 Å². The van der Waals surface area contributed by atoms with Gasteiger partial charge in [-0.2, -0.15) is 0 Å². The van der Waals surface area contributed by atoms with E-state index >= 15 is 0 Å². The van der Waals surface area contributed by atoms with Gasteiger partial charge in [0.05, 0.1) is 19.3 Å². The normalized spacial score (nSPS) is 14.5. The Morgan fingerprint density at radius 3 is 1.00 bits per heavy atom. The largest absolute Gasteiger partial charge is 0.254 e. The van der Waals surface area contributed by atoms with Crippen LogP contribution in [-0.4, -0.2) is 23.9 Å². The Labute approximate surface area is 209 Å². The summed E-state index contributed by atoms with van der Waals surface area (Å²) in [6.07, 6.45) is 40.9. The summed E-state index contributed by atoms with van der Waals surface area (Å²) in [5, 5.41) is 0. The van der Waals surface area contributed by atoms with Gasteiger partial charge in [0, 0.05) is 0 Å². The van der Waals surface area contributed by atoms with Gasteiger partial charge in [-0.3, -0.25) is 4.48 Å². The van der Waals surface area contributed by atoms with Crippen LogP contribution < -0.4 is 0 Å². The molecule has 33 heavy (non-hydrogen) atoms. The predicted octanol–water partition coefficient (Wildman–Crippen LogP) is 10.7. The molecule has 1 aliphatic heterocycles. The first-order valence-electron chi connectivity index (χ1n) is 15.4. The highest BCUT2D eigenvalue weighted by atomic mass is 15.4. The second-order valence-corrected chi connectivity index (χ2v) is 10.9. The lowest BCUT2D eigenvalue weighted by Gasteiger charge is -2.27. The molecule has 2 heteroatoms. The Morgan fingerprint density at radius 2 is 0.727 bits per heavy atom. The Balaban J connectivity index is 1.92. The minimum atomic E-state index is 1.02. The Morgan fingerprint density at radius 1 is 0.424 bits per heavy atom. The molecule has 0 fully saturated rings. The highest BCUT2D eigenvalue weighted by molar-refractivity contribution is 5.50. The van der Waals surface area contributed by atoms with Gasteiger partial charge >= 0.3 is 0 Å². The first-order valence-corrected chi connectivity index (χ1v) is 15.4. The highest BCUT2D eigenvalue weighted by Gasteiger charge is 2.24. The summed E-state index contributed by atoms with van der Waals surface area (Å²) in [4.78, 5) is 4.45. The highest BCUT2D eigenvalue weighted by Crippen LogP contribution is 2.19. The SMILES string of the molecule is CCCCCCCCCCCCCC[N+]1(CCCCCCCCCCCCCC)C=CN=C1. The van der Waals surface area contributed by atoms with Crippen molar-refractivity contribution in [3.8, 4) is 0 Å². The van der Waals surface area contributed by atoms with E-state index in [9.17, 15) is 0 Å². The summed E-state index contributed by atoms with van der Waals surface area (Å²) in [5.41, 5.74) is 0. The van der Waals surface area contributed by atoms with Crippen molar-refractivity contribution < 1.29 is 4.48 Å². The van der Waals surface area contributed by atoms with Gasteiger partial charge in [-0.1, -0.05) is 142 Å². The molecule has 0 atom stereocenters. The van der Waals surface area contributed by atoms with E-state index in [0.717, 1.165) is 4.48 Å². The van der Waals surface area contributed by atoms with E-state index in [1.54, 1.807) is 0 Å². The van der Waals surface area contributed by atoms with E-state index < -0.39 is 0 Å². The molecule has 1 rings (SSSR count). The van der Waals surface area contributed by atoms with Crippen molar-refractivity contribution >= 4 is 6.34 Å². The molecule has 0 saturated heterocycles. The molecule has 2 nitrogen and oxygen atoms in total. The third-order valence-corrected chi connectivity index (χ3v) is 7.60. The number of nitrogens with zero attached hydrogens (tertiary/aromatic N) is 2. The predicted molar refractivity (Wildman–Crippen MR) is 150 cm³/mol. The second-order valence-electron chi connectivity index (χ2n) is 10.9. The van der Waals surface area contributed by atoms with Gasteiger partial charge in [0.2, 0.25) is 0 Å². The van der Waals surface area contributed by atoms with E-state index in [4.69, 9.17) is 0 Å². The average molecular weight is 462 g/mol. The van der Waals surface area contributed by atoms with E-state index in [0.29, 0.717) is 0 Å². The lowest BCUT2D eigenvalue weighted by molar-refractivity contribution is -0.780. The fourth-order valence-electron chi connectivity index (χ4n) is 5.25. The van der Waals surface area contributed by atoms with Crippen LogP contribution in [0.25, 0.3) is 0 Å². The van der Waals surface area contributed by atoms with Crippen LogP contribution >= 0.6 is 0 Å². The number of hydrogen-bond donors (Lipinski definition) is 0. The fourth-order valence-corrected chi connectivity index (χ4v) is 5.25. The van der Waals surface area contributed by atoms with Crippen molar-refractivity contribution in [2.75, 3.05) is 13.1 Å². The third kappa shape index (κ3) is 18.4. The quantitative estimate of drug-likeness (QED) is 0.0896. The van der Waals surface area contributed by atoms with Crippen LogP contribution in [0.3, 0.4) is 0 Å². The molecule has 0 aliphatic carbocycles. The number of aliphatic imine (C=N–C) groups is 1. The molecule has 0 aromatic rings.